The SMILES string of the molecule is COc1cc(C(C)(N)C(F)F)c(Cl)cn1. The van der Waals surface area contributed by atoms with Crippen LogP contribution in [0.3, 0.4) is 0 Å². The van der Waals surface area contributed by atoms with Crippen LogP contribution < -0.4 is 10.5 Å². The summed E-state index contributed by atoms with van der Waals surface area (Å²) in [6, 6.07) is 1.31. The Morgan fingerprint density at radius 3 is 2.67 bits per heavy atom. The Labute approximate surface area is 91.2 Å². The maximum Gasteiger partial charge on any atom is 0.260 e. The van der Waals surface area contributed by atoms with Gasteiger partial charge in [0.1, 0.15) is 5.54 Å². The van der Waals surface area contributed by atoms with Crippen LogP contribution in [0.4, 0.5) is 8.78 Å². The lowest BCUT2D eigenvalue weighted by Crippen LogP contribution is -2.40. The molecular formula is C9H11ClF2N2O. The molecule has 1 atom stereocenters. The quantitative estimate of drug-likeness (QED) is 0.875. The number of hydrogen-bond donors (Lipinski definition) is 1. The third kappa shape index (κ3) is 2.35. The van der Waals surface area contributed by atoms with E-state index in [0.29, 0.717) is 0 Å². The topological polar surface area (TPSA) is 48.1 Å². The van der Waals surface area contributed by atoms with E-state index in [1.165, 1.54) is 26.3 Å². The monoisotopic (exact) mass is 236 g/mol. The minimum atomic E-state index is -2.72. The highest BCUT2D eigenvalue weighted by Gasteiger charge is 2.34. The van der Waals surface area contributed by atoms with Gasteiger partial charge in [-0.05, 0) is 6.92 Å². The van der Waals surface area contributed by atoms with Crippen molar-refractivity contribution in [1.29, 1.82) is 0 Å². The Balaban J connectivity index is 3.23. The fourth-order valence-corrected chi connectivity index (χ4v) is 1.37. The van der Waals surface area contributed by atoms with Gasteiger partial charge in [0.25, 0.3) is 6.43 Å². The van der Waals surface area contributed by atoms with Crippen molar-refractivity contribution in [2.75, 3.05) is 7.11 Å². The van der Waals surface area contributed by atoms with Gasteiger partial charge in [0, 0.05) is 17.8 Å². The molecule has 0 aliphatic rings. The molecule has 6 heteroatoms. The summed E-state index contributed by atoms with van der Waals surface area (Å²) in [7, 11) is 1.39. The molecule has 0 aromatic carbocycles. The molecule has 1 rings (SSSR count). The van der Waals surface area contributed by atoms with Crippen molar-refractivity contribution in [1.82, 2.24) is 4.98 Å². The minimum Gasteiger partial charge on any atom is -0.481 e. The van der Waals surface area contributed by atoms with Crippen LogP contribution in [-0.4, -0.2) is 18.5 Å². The summed E-state index contributed by atoms with van der Waals surface area (Å²) in [5, 5.41) is 0.0982. The van der Waals surface area contributed by atoms with E-state index in [9.17, 15) is 8.78 Å². The first-order valence-electron chi connectivity index (χ1n) is 4.16. The van der Waals surface area contributed by atoms with E-state index >= 15 is 0 Å². The summed E-state index contributed by atoms with van der Waals surface area (Å²) in [6.45, 7) is 1.21. The third-order valence-electron chi connectivity index (χ3n) is 2.07. The normalized spacial score (nSPS) is 15.1. The number of pyridine rings is 1. The summed E-state index contributed by atoms with van der Waals surface area (Å²) in [5.74, 6) is 0.201. The summed E-state index contributed by atoms with van der Waals surface area (Å²) < 4.78 is 30.2. The molecule has 15 heavy (non-hydrogen) atoms. The molecule has 0 saturated carbocycles. The van der Waals surface area contributed by atoms with E-state index in [1.54, 1.807) is 0 Å². The van der Waals surface area contributed by atoms with E-state index in [0.717, 1.165) is 0 Å². The first-order valence-corrected chi connectivity index (χ1v) is 4.54. The van der Waals surface area contributed by atoms with E-state index in [1.807, 2.05) is 0 Å². The number of nitrogens with zero attached hydrogens (tertiary/aromatic N) is 1. The van der Waals surface area contributed by atoms with Gasteiger partial charge >= 0.3 is 0 Å². The van der Waals surface area contributed by atoms with Gasteiger partial charge in [0.15, 0.2) is 0 Å². The number of alkyl halides is 2. The standard InChI is InChI=1S/C9H11ClF2N2O/c1-9(13,8(11)12)5-3-7(15-2)14-4-6(5)10/h3-4,8H,13H2,1-2H3. The minimum absolute atomic E-state index is 0.0982. The second-order valence-electron chi connectivity index (χ2n) is 3.29. The molecule has 0 saturated heterocycles. The van der Waals surface area contributed by atoms with Gasteiger partial charge < -0.3 is 10.5 Å². The van der Waals surface area contributed by atoms with Crippen LogP contribution in [0.2, 0.25) is 5.02 Å². The van der Waals surface area contributed by atoms with Crippen LogP contribution in [0, 0.1) is 0 Å². The maximum absolute atomic E-state index is 12.7. The van der Waals surface area contributed by atoms with Gasteiger partial charge in [-0.3, -0.25) is 0 Å². The van der Waals surface area contributed by atoms with E-state index in [4.69, 9.17) is 22.1 Å². The summed E-state index contributed by atoms with van der Waals surface area (Å²) in [6.07, 6.45) is -1.48. The highest BCUT2D eigenvalue weighted by atomic mass is 35.5. The zero-order valence-electron chi connectivity index (χ0n) is 8.30. The molecule has 0 amide bonds. The van der Waals surface area contributed by atoms with Crippen molar-refractivity contribution >= 4 is 11.6 Å². The van der Waals surface area contributed by atoms with E-state index in [2.05, 4.69) is 4.98 Å². The molecule has 1 aromatic rings. The van der Waals surface area contributed by atoms with Crippen LogP contribution in [0.5, 0.6) is 5.88 Å². The van der Waals surface area contributed by atoms with E-state index < -0.39 is 12.0 Å². The molecule has 0 radical (unpaired) electrons. The maximum atomic E-state index is 12.7. The van der Waals surface area contributed by atoms with Crippen molar-refractivity contribution in [2.24, 2.45) is 5.73 Å². The van der Waals surface area contributed by atoms with Crippen molar-refractivity contribution in [3.63, 3.8) is 0 Å². The fourth-order valence-electron chi connectivity index (χ4n) is 1.06. The number of methoxy groups -OCH3 is 1. The van der Waals surface area contributed by atoms with Crippen LogP contribution in [0.25, 0.3) is 0 Å². The molecule has 0 spiro atoms. The second-order valence-corrected chi connectivity index (χ2v) is 3.70. The van der Waals surface area contributed by atoms with Crippen molar-refractivity contribution in [3.8, 4) is 5.88 Å². The molecule has 0 fully saturated rings. The molecule has 0 aliphatic heterocycles. The highest BCUT2D eigenvalue weighted by Crippen LogP contribution is 2.32. The zero-order chi connectivity index (χ0) is 11.6. The Morgan fingerprint density at radius 2 is 2.20 bits per heavy atom. The van der Waals surface area contributed by atoms with Crippen LogP contribution in [-0.2, 0) is 5.54 Å². The average molecular weight is 237 g/mol. The summed E-state index contributed by atoms with van der Waals surface area (Å²) >= 11 is 5.75. The lowest BCUT2D eigenvalue weighted by Gasteiger charge is -2.25. The second kappa shape index (κ2) is 4.28. The third-order valence-corrected chi connectivity index (χ3v) is 2.37. The predicted molar refractivity (Wildman–Crippen MR) is 53.3 cm³/mol. The van der Waals surface area contributed by atoms with Crippen LogP contribution >= 0.6 is 11.6 Å². The Hall–Kier alpha value is -0.940. The first-order chi connectivity index (χ1) is 6.89. The molecule has 1 heterocycles. The van der Waals surface area contributed by atoms with E-state index in [-0.39, 0.29) is 16.5 Å². The highest BCUT2D eigenvalue weighted by molar-refractivity contribution is 6.31. The first kappa shape index (κ1) is 12.1. The van der Waals surface area contributed by atoms with Gasteiger partial charge in [0.2, 0.25) is 5.88 Å². The Morgan fingerprint density at radius 1 is 1.60 bits per heavy atom. The van der Waals surface area contributed by atoms with Gasteiger partial charge in [-0.1, -0.05) is 11.6 Å². The van der Waals surface area contributed by atoms with Crippen molar-refractivity contribution < 1.29 is 13.5 Å². The molecule has 0 bridgehead atoms. The van der Waals surface area contributed by atoms with Crippen molar-refractivity contribution in [2.45, 2.75) is 18.9 Å². The Kier molecular flexibility index (Phi) is 3.46. The van der Waals surface area contributed by atoms with Crippen LogP contribution in [0.15, 0.2) is 12.3 Å². The fraction of sp³-hybridized carbons (Fsp3) is 0.444. The smallest absolute Gasteiger partial charge is 0.260 e. The largest absolute Gasteiger partial charge is 0.481 e. The lowest BCUT2D eigenvalue weighted by atomic mass is 9.94. The molecule has 84 valence electrons. The number of ether oxygens (including phenoxy) is 1. The number of hydrogen-bond acceptors (Lipinski definition) is 3. The van der Waals surface area contributed by atoms with Crippen LogP contribution in [0.1, 0.15) is 12.5 Å². The van der Waals surface area contributed by atoms with Gasteiger partial charge in [0.05, 0.1) is 12.1 Å². The molecule has 1 unspecified atom stereocenters. The molecule has 0 aliphatic carbocycles. The van der Waals surface area contributed by atoms with Gasteiger partial charge in [-0.2, -0.15) is 0 Å². The molecule has 2 N–H and O–H groups in total. The average Bonchev–Trinajstić information content (AvgIpc) is 2.18. The zero-order valence-corrected chi connectivity index (χ0v) is 9.05. The number of halogens is 3. The summed E-state index contributed by atoms with van der Waals surface area (Å²) in [5.41, 5.74) is 3.79. The number of aromatic nitrogens is 1. The number of rotatable bonds is 3. The Bertz CT molecular complexity index is 358. The lowest BCUT2D eigenvalue weighted by molar-refractivity contribution is 0.0624. The van der Waals surface area contributed by atoms with Gasteiger partial charge in [-0.25, -0.2) is 13.8 Å². The molecule has 1 aromatic heterocycles. The summed E-state index contributed by atoms with van der Waals surface area (Å²) in [4.78, 5) is 3.78. The molecule has 3 nitrogen and oxygen atoms in total. The van der Waals surface area contributed by atoms with Gasteiger partial charge in [-0.15, -0.1) is 0 Å². The van der Waals surface area contributed by atoms with Crippen molar-refractivity contribution in [3.05, 3.63) is 22.8 Å². The predicted octanol–water partition coefficient (Wildman–Crippen LogP) is 2.18. The number of nitrogens with two attached hydrogens (primary N) is 1. The molecular weight excluding hydrogens is 226 g/mol.